The number of thioether (sulfide) groups is 1. The van der Waals surface area contributed by atoms with E-state index in [4.69, 9.17) is 0 Å². The second-order valence-electron chi connectivity index (χ2n) is 4.82. The van der Waals surface area contributed by atoms with E-state index in [1.807, 2.05) is 36.4 Å². The van der Waals surface area contributed by atoms with Crippen molar-refractivity contribution in [2.75, 3.05) is 13.1 Å². The number of fused-ring (bicyclic) bond motifs is 1. The Morgan fingerprint density at radius 2 is 2.14 bits per heavy atom. The number of nitrogens with one attached hydrogen (secondary N) is 1. The third-order valence-corrected chi connectivity index (χ3v) is 4.37. The van der Waals surface area contributed by atoms with Crippen molar-refractivity contribution in [3.8, 4) is 0 Å². The lowest BCUT2D eigenvalue weighted by molar-refractivity contribution is -0.126. The summed E-state index contributed by atoms with van der Waals surface area (Å²) in [7, 11) is 0. The van der Waals surface area contributed by atoms with Crippen LogP contribution < -0.4 is 5.32 Å². The summed E-state index contributed by atoms with van der Waals surface area (Å²) in [5.41, 5.74) is 0.904. The van der Waals surface area contributed by atoms with Crippen molar-refractivity contribution in [3.63, 3.8) is 0 Å². The average Bonchev–Trinajstić information content (AvgIpc) is 2.92. The zero-order valence-corrected chi connectivity index (χ0v) is 12.4. The van der Waals surface area contributed by atoms with E-state index in [0.29, 0.717) is 13.1 Å². The molecule has 2 aromatic rings. The second-order valence-corrected chi connectivity index (χ2v) is 6.19. The van der Waals surface area contributed by atoms with Crippen molar-refractivity contribution in [1.29, 1.82) is 0 Å². The Morgan fingerprint density at radius 1 is 1.33 bits per heavy atom. The summed E-state index contributed by atoms with van der Waals surface area (Å²) in [6.07, 6.45) is 0. The molecule has 0 spiro atoms. The van der Waals surface area contributed by atoms with Gasteiger partial charge >= 0.3 is 6.03 Å². The third kappa shape index (κ3) is 2.85. The highest BCUT2D eigenvalue weighted by molar-refractivity contribution is 8.00. The minimum Gasteiger partial charge on any atom is -0.336 e. The molecular weight excluding hydrogens is 286 g/mol. The molecule has 5 nitrogen and oxygen atoms in total. The van der Waals surface area contributed by atoms with Crippen molar-refractivity contribution in [2.24, 2.45) is 0 Å². The lowest BCUT2D eigenvalue weighted by atomic mass is 10.2. The SMILES string of the molecule is CC(Sc1ccc2ccccc2n1)C(=O)N1CCNC1=O. The highest BCUT2D eigenvalue weighted by Gasteiger charge is 2.30. The van der Waals surface area contributed by atoms with Crippen molar-refractivity contribution in [2.45, 2.75) is 17.2 Å². The van der Waals surface area contributed by atoms with Gasteiger partial charge in [0.1, 0.15) is 0 Å². The van der Waals surface area contributed by atoms with Gasteiger partial charge in [0.15, 0.2) is 0 Å². The van der Waals surface area contributed by atoms with Crippen LogP contribution in [0.5, 0.6) is 0 Å². The van der Waals surface area contributed by atoms with E-state index in [1.165, 1.54) is 16.7 Å². The molecule has 0 aliphatic carbocycles. The number of aromatic nitrogens is 1. The summed E-state index contributed by atoms with van der Waals surface area (Å²) >= 11 is 1.37. The third-order valence-electron chi connectivity index (χ3n) is 3.34. The van der Waals surface area contributed by atoms with Crippen LogP contribution in [0.2, 0.25) is 0 Å². The highest BCUT2D eigenvalue weighted by Crippen LogP contribution is 2.25. The van der Waals surface area contributed by atoms with Crippen LogP contribution >= 0.6 is 11.8 Å². The molecule has 108 valence electrons. The Bertz CT molecular complexity index is 704. The Balaban J connectivity index is 1.75. The molecule has 1 saturated heterocycles. The van der Waals surface area contributed by atoms with Gasteiger partial charge in [0, 0.05) is 18.5 Å². The van der Waals surface area contributed by atoms with Crippen LogP contribution in [0.1, 0.15) is 6.92 Å². The van der Waals surface area contributed by atoms with Gasteiger partial charge in [-0.1, -0.05) is 36.0 Å². The molecule has 1 atom stereocenters. The molecular formula is C15H15N3O2S. The monoisotopic (exact) mass is 301 g/mol. The molecule has 1 aliphatic heterocycles. The topological polar surface area (TPSA) is 62.3 Å². The fourth-order valence-electron chi connectivity index (χ4n) is 2.25. The normalized spacial score (nSPS) is 16.0. The van der Waals surface area contributed by atoms with Crippen molar-refractivity contribution in [3.05, 3.63) is 36.4 Å². The largest absolute Gasteiger partial charge is 0.336 e. The number of para-hydroxylation sites is 1. The van der Waals surface area contributed by atoms with Crippen molar-refractivity contribution < 1.29 is 9.59 Å². The number of rotatable bonds is 3. The number of pyridine rings is 1. The van der Waals surface area contributed by atoms with Crippen LogP contribution in [-0.4, -0.2) is 40.2 Å². The molecule has 0 bridgehead atoms. The number of benzene rings is 1. The van der Waals surface area contributed by atoms with Gasteiger partial charge in [0.05, 0.1) is 15.8 Å². The standard InChI is InChI=1S/C15H15N3O2S/c1-10(14(19)18-9-8-16-15(18)20)21-13-7-6-11-4-2-3-5-12(11)17-13/h2-7,10H,8-9H2,1H3,(H,16,20). The van der Waals surface area contributed by atoms with E-state index in [-0.39, 0.29) is 17.2 Å². The van der Waals surface area contributed by atoms with Gasteiger partial charge < -0.3 is 5.32 Å². The Kier molecular flexibility index (Phi) is 3.79. The fraction of sp³-hybridized carbons (Fsp3) is 0.267. The van der Waals surface area contributed by atoms with Gasteiger partial charge in [-0.2, -0.15) is 0 Å². The number of hydrogen-bond donors (Lipinski definition) is 1. The maximum Gasteiger partial charge on any atom is 0.324 e. The molecule has 21 heavy (non-hydrogen) atoms. The summed E-state index contributed by atoms with van der Waals surface area (Å²) in [6, 6.07) is 11.4. The molecule has 1 unspecified atom stereocenters. The molecule has 1 aromatic carbocycles. The van der Waals surface area contributed by atoms with Crippen LogP contribution in [0, 0.1) is 0 Å². The fourth-order valence-corrected chi connectivity index (χ4v) is 3.13. The number of amides is 3. The zero-order valence-electron chi connectivity index (χ0n) is 11.6. The molecule has 1 N–H and O–H groups in total. The van der Waals surface area contributed by atoms with E-state index in [0.717, 1.165) is 15.9 Å². The molecule has 0 saturated carbocycles. The molecule has 1 aromatic heterocycles. The molecule has 3 rings (SSSR count). The van der Waals surface area contributed by atoms with Gasteiger partial charge in [0.25, 0.3) is 0 Å². The summed E-state index contributed by atoms with van der Waals surface area (Å²) in [5, 5.41) is 4.15. The van der Waals surface area contributed by atoms with Crippen LogP contribution in [0.15, 0.2) is 41.4 Å². The first-order valence-electron chi connectivity index (χ1n) is 6.77. The van der Waals surface area contributed by atoms with E-state index in [2.05, 4.69) is 10.3 Å². The van der Waals surface area contributed by atoms with Gasteiger partial charge in [-0.15, -0.1) is 0 Å². The van der Waals surface area contributed by atoms with Crippen LogP contribution in [0.4, 0.5) is 4.79 Å². The smallest absolute Gasteiger partial charge is 0.324 e. The maximum atomic E-state index is 12.2. The Hall–Kier alpha value is -2.08. The maximum absolute atomic E-state index is 12.2. The molecule has 1 fully saturated rings. The van der Waals surface area contributed by atoms with E-state index >= 15 is 0 Å². The predicted molar refractivity (Wildman–Crippen MR) is 82.2 cm³/mol. The highest BCUT2D eigenvalue weighted by atomic mass is 32.2. The molecule has 1 aliphatic rings. The van der Waals surface area contributed by atoms with Crippen LogP contribution in [0.3, 0.4) is 0 Å². The van der Waals surface area contributed by atoms with Gasteiger partial charge in [0.2, 0.25) is 5.91 Å². The number of urea groups is 1. The van der Waals surface area contributed by atoms with Gasteiger partial charge in [-0.05, 0) is 19.1 Å². The van der Waals surface area contributed by atoms with Crippen LogP contribution in [0.25, 0.3) is 10.9 Å². The summed E-state index contributed by atoms with van der Waals surface area (Å²) < 4.78 is 0. The van der Waals surface area contributed by atoms with Crippen molar-refractivity contribution in [1.82, 2.24) is 15.2 Å². The van der Waals surface area contributed by atoms with Gasteiger partial charge in [-0.3, -0.25) is 9.69 Å². The Labute approximate surface area is 126 Å². The minimum atomic E-state index is -0.345. The minimum absolute atomic E-state index is 0.176. The van der Waals surface area contributed by atoms with Crippen LogP contribution in [-0.2, 0) is 4.79 Å². The number of nitrogens with zero attached hydrogens (tertiary/aromatic N) is 2. The second kappa shape index (κ2) is 5.73. The van der Waals surface area contributed by atoms with E-state index < -0.39 is 0 Å². The summed E-state index contributed by atoms with van der Waals surface area (Å²) in [4.78, 5) is 29.6. The first-order chi connectivity index (χ1) is 10.1. The average molecular weight is 301 g/mol. The lowest BCUT2D eigenvalue weighted by Crippen LogP contribution is -2.38. The van der Waals surface area contributed by atoms with E-state index in [1.54, 1.807) is 6.92 Å². The lowest BCUT2D eigenvalue weighted by Gasteiger charge is -2.17. The molecule has 2 heterocycles. The van der Waals surface area contributed by atoms with E-state index in [9.17, 15) is 9.59 Å². The molecule has 0 radical (unpaired) electrons. The number of hydrogen-bond acceptors (Lipinski definition) is 4. The molecule has 6 heteroatoms. The summed E-state index contributed by atoms with van der Waals surface area (Å²) in [6.45, 7) is 2.76. The molecule has 3 amide bonds. The predicted octanol–water partition coefficient (Wildman–Crippen LogP) is 2.27. The van der Waals surface area contributed by atoms with Crippen molar-refractivity contribution >= 4 is 34.6 Å². The zero-order chi connectivity index (χ0) is 14.8. The number of carbonyl (C=O) groups is 2. The number of imide groups is 1. The first-order valence-corrected chi connectivity index (χ1v) is 7.65. The number of carbonyl (C=O) groups excluding carboxylic acids is 2. The Morgan fingerprint density at radius 3 is 2.90 bits per heavy atom. The summed E-state index contributed by atoms with van der Waals surface area (Å²) in [5.74, 6) is -0.176. The van der Waals surface area contributed by atoms with Gasteiger partial charge in [-0.25, -0.2) is 9.78 Å². The first kappa shape index (κ1) is 13.9. The quantitative estimate of drug-likeness (QED) is 0.883.